The fourth-order valence-electron chi connectivity index (χ4n) is 3.60. The summed E-state index contributed by atoms with van der Waals surface area (Å²) in [6.45, 7) is 2.53. The number of halogens is 3. The van der Waals surface area contributed by atoms with Gasteiger partial charge >= 0.3 is 12.3 Å². The van der Waals surface area contributed by atoms with E-state index in [2.05, 4.69) is 9.97 Å². The Hall–Kier alpha value is -3.89. The third-order valence-corrected chi connectivity index (χ3v) is 5.33. The van der Waals surface area contributed by atoms with Gasteiger partial charge in [0.05, 0.1) is 11.1 Å². The van der Waals surface area contributed by atoms with Gasteiger partial charge in [-0.25, -0.2) is 14.8 Å². The van der Waals surface area contributed by atoms with Crippen LogP contribution in [0.1, 0.15) is 23.0 Å². The van der Waals surface area contributed by atoms with E-state index >= 15 is 0 Å². The van der Waals surface area contributed by atoms with Crippen LogP contribution in [0, 0.1) is 0 Å². The number of carbonyl (C=O) groups excluding carboxylic acids is 1. The van der Waals surface area contributed by atoms with Crippen molar-refractivity contribution in [3.8, 4) is 11.6 Å². The van der Waals surface area contributed by atoms with Crippen molar-refractivity contribution in [3.05, 3.63) is 59.9 Å². The van der Waals surface area contributed by atoms with E-state index in [0.29, 0.717) is 22.8 Å². The molecule has 1 aliphatic heterocycles. The fraction of sp³-hybridized carbons (Fsp3) is 0.273. The van der Waals surface area contributed by atoms with Crippen LogP contribution in [0.2, 0.25) is 0 Å². The van der Waals surface area contributed by atoms with Gasteiger partial charge in [-0.05, 0) is 37.3 Å². The largest absolute Gasteiger partial charge is 0.465 e. The van der Waals surface area contributed by atoms with Gasteiger partial charge in [-0.3, -0.25) is 4.79 Å². The Kier molecular flexibility index (Phi) is 5.79. The zero-order valence-corrected chi connectivity index (χ0v) is 17.4. The summed E-state index contributed by atoms with van der Waals surface area (Å²) in [5.41, 5.74) is -0.101. The summed E-state index contributed by atoms with van der Waals surface area (Å²) in [6.07, 6.45) is -4.78. The van der Waals surface area contributed by atoms with Crippen molar-refractivity contribution >= 4 is 22.9 Å². The Morgan fingerprint density at radius 3 is 2.55 bits per heavy atom. The normalized spacial score (nSPS) is 16.7. The Morgan fingerprint density at radius 1 is 1.12 bits per heavy atom. The Labute approximate surface area is 186 Å². The number of hydrogen-bond acceptors (Lipinski definition) is 5. The molecule has 1 saturated heterocycles. The van der Waals surface area contributed by atoms with E-state index in [1.54, 1.807) is 42.2 Å². The average Bonchev–Trinajstić information content (AvgIpc) is 2.77. The van der Waals surface area contributed by atoms with E-state index in [9.17, 15) is 27.9 Å². The summed E-state index contributed by atoms with van der Waals surface area (Å²) < 4.78 is 43.5. The fourth-order valence-corrected chi connectivity index (χ4v) is 3.60. The number of amides is 2. The molecule has 2 aromatic heterocycles. The number of piperazine rings is 1. The second-order valence-electron chi connectivity index (χ2n) is 7.61. The van der Waals surface area contributed by atoms with Gasteiger partial charge in [-0.15, -0.1) is 0 Å². The van der Waals surface area contributed by atoms with Crippen LogP contribution < -0.4 is 4.74 Å². The van der Waals surface area contributed by atoms with Crippen LogP contribution in [0.25, 0.3) is 10.9 Å². The summed E-state index contributed by atoms with van der Waals surface area (Å²) >= 11 is 0. The second-order valence-corrected chi connectivity index (χ2v) is 7.61. The topological polar surface area (TPSA) is 95.9 Å². The molecule has 3 aromatic rings. The van der Waals surface area contributed by atoms with Crippen molar-refractivity contribution < 1.29 is 32.6 Å². The van der Waals surface area contributed by atoms with Crippen molar-refractivity contribution in [2.24, 2.45) is 0 Å². The smallest absolute Gasteiger partial charge is 0.417 e. The van der Waals surface area contributed by atoms with Crippen LogP contribution in [-0.4, -0.2) is 62.6 Å². The molecule has 172 valence electrons. The van der Waals surface area contributed by atoms with Crippen LogP contribution in [0.5, 0.6) is 11.6 Å². The van der Waals surface area contributed by atoms with Crippen molar-refractivity contribution in [2.45, 2.75) is 19.1 Å². The third kappa shape index (κ3) is 4.81. The van der Waals surface area contributed by atoms with Crippen molar-refractivity contribution in [1.29, 1.82) is 0 Å². The number of fused-ring (bicyclic) bond motifs is 1. The van der Waals surface area contributed by atoms with Gasteiger partial charge in [0, 0.05) is 43.3 Å². The van der Waals surface area contributed by atoms with Crippen molar-refractivity contribution in [3.63, 3.8) is 0 Å². The molecule has 1 N–H and O–H groups in total. The molecule has 4 rings (SSSR count). The maximum Gasteiger partial charge on any atom is 0.417 e. The van der Waals surface area contributed by atoms with Gasteiger partial charge in [-0.1, -0.05) is 6.07 Å². The number of benzene rings is 1. The van der Waals surface area contributed by atoms with E-state index in [1.807, 2.05) is 0 Å². The minimum Gasteiger partial charge on any atom is -0.465 e. The summed E-state index contributed by atoms with van der Waals surface area (Å²) in [5.74, 6) is 0.0778. The molecule has 0 radical (unpaired) electrons. The summed E-state index contributed by atoms with van der Waals surface area (Å²) in [6, 6.07) is 9.83. The molecule has 0 saturated carbocycles. The van der Waals surface area contributed by atoms with Crippen LogP contribution in [-0.2, 0) is 6.18 Å². The van der Waals surface area contributed by atoms with Crippen molar-refractivity contribution in [2.75, 3.05) is 19.6 Å². The van der Waals surface area contributed by atoms with Crippen LogP contribution in [0.15, 0.2) is 48.7 Å². The van der Waals surface area contributed by atoms with Crippen LogP contribution >= 0.6 is 0 Å². The standard InChI is InChI=1S/C22H19F3N4O4/c1-13-12-28(8-9-29(13)21(31)32)20(30)18-5-2-14-10-16(4-6-17(14)27-18)33-19-7-3-15(11-26-19)22(23,24)25/h2-7,10-11,13H,8-9,12H2,1H3,(H,31,32)/t13-/m0/s1. The molecule has 8 nitrogen and oxygen atoms in total. The van der Waals surface area contributed by atoms with Gasteiger partial charge in [0.1, 0.15) is 11.4 Å². The number of carbonyl (C=O) groups is 2. The number of hydrogen-bond donors (Lipinski definition) is 1. The first kappa shape index (κ1) is 22.3. The lowest BCUT2D eigenvalue weighted by atomic mass is 10.1. The SMILES string of the molecule is C[C@H]1CN(C(=O)c2ccc3cc(Oc4ccc(C(F)(F)F)cn4)ccc3n2)CCN1C(=O)O. The first-order chi connectivity index (χ1) is 15.6. The monoisotopic (exact) mass is 460 g/mol. The second kappa shape index (κ2) is 8.57. The molecule has 11 heteroatoms. The lowest BCUT2D eigenvalue weighted by Gasteiger charge is -2.38. The molecule has 0 bridgehead atoms. The lowest BCUT2D eigenvalue weighted by molar-refractivity contribution is -0.137. The molecule has 0 unspecified atom stereocenters. The molecule has 1 fully saturated rings. The van der Waals surface area contributed by atoms with Gasteiger partial charge in [0.25, 0.3) is 5.91 Å². The molecule has 1 aromatic carbocycles. The first-order valence-electron chi connectivity index (χ1n) is 10.0. The molecule has 1 aliphatic rings. The molecular formula is C22H19F3N4O4. The van der Waals surface area contributed by atoms with Crippen LogP contribution in [0.4, 0.5) is 18.0 Å². The van der Waals surface area contributed by atoms with E-state index in [1.165, 1.54) is 4.90 Å². The quantitative estimate of drug-likeness (QED) is 0.627. The Balaban J connectivity index is 1.48. The number of rotatable bonds is 3. The van der Waals surface area contributed by atoms with E-state index in [0.717, 1.165) is 12.1 Å². The third-order valence-electron chi connectivity index (χ3n) is 5.33. The molecule has 0 aliphatic carbocycles. The van der Waals surface area contributed by atoms with Gasteiger partial charge < -0.3 is 19.6 Å². The summed E-state index contributed by atoms with van der Waals surface area (Å²) in [5, 5.41) is 9.85. The van der Waals surface area contributed by atoms with Gasteiger partial charge in [0.2, 0.25) is 5.88 Å². The molecular weight excluding hydrogens is 441 g/mol. The van der Waals surface area contributed by atoms with Gasteiger partial charge in [-0.2, -0.15) is 13.2 Å². The lowest BCUT2D eigenvalue weighted by Crippen LogP contribution is -2.55. The minimum absolute atomic E-state index is 0.0109. The molecule has 0 spiro atoms. The van der Waals surface area contributed by atoms with E-state index in [4.69, 9.17) is 4.74 Å². The maximum atomic E-state index is 12.9. The first-order valence-corrected chi connectivity index (χ1v) is 10.0. The predicted octanol–water partition coefficient (Wildman–Crippen LogP) is 4.27. The maximum absolute atomic E-state index is 12.9. The Bertz CT molecular complexity index is 1200. The molecule has 33 heavy (non-hydrogen) atoms. The summed E-state index contributed by atoms with van der Waals surface area (Å²) in [4.78, 5) is 35.0. The Morgan fingerprint density at radius 2 is 1.91 bits per heavy atom. The number of ether oxygens (including phenoxy) is 1. The number of alkyl halides is 3. The summed E-state index contributed by atoms with van der Waals surface area (Å²) in [7, 11) is 0. The highest BCUT2D eigenvalue weighted by molar-refractivity contribution is 5.95. The highest BCUT2D eigenvalue weighted by Gasteiger charge is 2.31. The highest BCUT2D eigenvalue weighted by atomic mass is 19.4. The molecule has 1 atom stereocenters. The number of nitrogens with zero attached hydrogens (tertiary/aromatic N) is 4. The minimum atomic E-state index is -4.48. The molecule has 2 amide bonds. The molecule has 3 heterocycles. The zero-order valence-electron chi connectivity index (χ0n) is 17.4. The number of carboxylic acid groups (broad SMARTS) is 1. The van der Waals surface area contributed by atoms with Crippen LogP contribution in [0.3, 0.4) is 0 Å². The number of aromatic nitrogens is 2. The number of pyridine rings is 2. The van der Waals surface area contributed by atoms with E-state index in [-0.39, 0.29) is 43.2 Å². The predicted molar refractivity (Wildman–Crippen MR) is 111 cm³/mol. The highest BCUT2D eigenvalue weighted by Crippen LogP contribution is 2.30. The average molecular weight is 460 g/mol. The van der Waals surface area contributed by atoms with Crippen molar-refractivity contribution in [1.82, 2.24) is 19.8 Å². The zero-order chi connectivity index (χ0) is 23.8. The van der Waals surface area contributed by atoms with Gasteiger partial charge in [0.15, 0.2) is 0 Å². The van der Waals surface area contributed by atoms with E-state index < -0.39 is 17.8 Å².